The number of sulfonamides is 1. The highest BCUT2D eigenvalue weighted by molar-refractivity contribution is 7.92. The first-order chi connectivity index (χ1) is 20.5. The maximum Gasteiger partial charge on any atom is 0.303 e. The zero-order valence-electron chi connectivity index (χ0n) is 22.9. The number of ether oxygens (including phenoxy) is 1. The largest absolute Gasteiger partial charge is 0.506 e. The summed E-state index contributed by atoms with van der Waals surface area (Å²) in [6.07, 6.45) is 4.39. The number of aromatic hydroxyl groups is 1. The molecule has 0 radical (unpaired) electrons. The summed E-state index contributed by atoms with van der Waals surface area (Å²) in [5.41, 5.74) is -0.687. The van der Waals surface area contributed by atoms with Crippen LogP contribution in [0.25, 0.3) is 10.9 Å². The van der Waals surface area contributed by atoms with Crippen molar-refractivity contribution >= 4 is 55.8 Å². The summed E-state index contributed by atoms with van der Waals surface area (Å²) in [5, 5.41) is 22.6. The van der Waals surface area contributed by atoms with E-state index in [1.165, 1.54) is 42.5 Å². The Labute approximate surface area is 252 Å². The fourth-order valence-corrected chi connectivity index (χ4v) is 5.48. The monoisotopic (exact) mass is 627 g/mol. The van der Waals surface area contributed by atoms with Gasteiger partial charge in [-0.2, -0.15) is 0 Å². The predicted octanol–water partition coefficient (Wildman–Crippen LogP) is 5.74. The molecule has 11 nitrogen and oxygen atoms in total. The number of fused-ring (bicyclic) bond motifs is 1. The van der Waals surface area contributed by atoms with Gasteiger partial charge in [0.1, 0.15) is 17.1 Å². The van der Waals surface area contributed by atoms with Gasteiger partial charge in [0, 0.05) is 28.2 Å². The van der Waals surface area contributed by atoms with Crippen molar-refractivity contribution in [1.29, 1.82) is 0 Å². The van der Waals surface area contributed by atoms with Crippen molar-refractivity contribution in [2.45, 2.75) is 43.4 Å². The number of carboxylic acid groups (broad SMARTS) is 1. The van der Waals surface area contributed by atoms with Crippen molar-refractivity contribution in [3.63, 3.8) is 0 Å². The molecule has 0 aliphatic rings. The fraction of sp³-hybridized carbons (Fsp3) is 0.233. The topological polar surface area (TPSA) is 175 Å². The maximum atomic E-state index is 13.0. The van der Waals surface area contributed by atoms with E-state index in [9.17, 15) is 27.9 Å². The molecule has 0 spiro atoms. The molecule has 0 saturated carbocycles. The molecule has 0 aliphatic heterocycles. The first-order valence-electron chi connectivity index (χ1n) is 13.5. The van der Waals surface area contributed by atoms with Crippen LogP contribution in [0, 0.1) is 0 Å². The Morgan fingerprint density at radius 2 is 1.53 bits per heavy atom. The number of aliphatic carboxylic acids is 1. The number of hydrogen-bond donors (Lipinski definition) is 5. The molecule has 4 aromatic rings. The molecule has 43 heavy (non-hydrogen) atoms. The minimum atomic E-state index is -3.98. The number of halogens is 1. The van der Waals surface area contributed by atoms with Crippen LogP contribution in [-0.2, 0) is 14.8 Å². The van der Waals surface area contributed by atoms with E-state index in [4.69, 9.17) is 21.4 Å². The number of nitrogens with one attached hydrogen (secondary N) is 3. The van der Waals surface area contributed by atoms with Gasteiger partial charge in [0.2, 0.25) is 0 Å². The van der Waals surface area contributed by atoms with Crippen LogP contribution in [-0.4, -0.2) is 42.1 Å². The van der Waals surface area contributed by atoms with Crippen LogP contribution < -0.4 is 20.3 Å². The van der Waals surface area contributed by atoms with Crippen molar-refractivity contribution < 1.29 is 33.0 Å². The first-order valence-corrected chi connectivity index (χ1v) is 15.3. The van der Waals surface area contributed by atoms with Gasteiger partial charge in [-0.3, -0.25) is 19.1 Å². The molecular formula is C30H30ClN3O8S. The van der Waals surface area contributed by atoms with Gasteiger partial charge in [0.05, 0.1) is 17.0 Å². The molecule has 1 heterocycles. The number of carbonyl (C=O) groups is 2. The number of anilines is 2. The number of carbonyl (C=O) groups excluding carboxylic acids is 1. The quantitative estimate of drug-likeness (QED) is 0.110. The lowest BCUT2D eigenvalue weighted by molar-refractivity contribution is -0.137. The van der Waals surface area contributed by atoms with Crippen molar-refractivity contribution in [2.24, 2.45) is 0 Å². The zero-order valence-corrected chi connectivity index (χ0v) is 24.5. The van der Waals surface area contributed by atoms with Gasteiger partial charge in [-0.1, -0.05) is 30.9 Å². The van der Waals surface area contributed by atoms with Crippen LogP contribution in [0.3, 0.4) is 0 Å². The van der Waals surface area contributed by atoms with Gasteiger partial charge in [-0.25, -0.2) is 8.42 Å². The molecule has 1 amide bonds. The molecule has 0 saturated heterocycles. The van der Waals surface area contributed by atoms with Gasteiger partial charge < -0.3 is 25.3 Å². The molecule has 0 unspecified atom stereocenters. The highest BCUT2D eigenvalue weighted by Crippen LogP contribution is 2.29. The number of amides is 1. The second kappa shape index (κ2) is 14.1. The molecule has 226 valence electrons. The Balaban J connectivity index is 1.39. The van der Waals surface area contributed by atoms with Crippen molar-refractivity contribution in [2.75, 3.05) is 16.6 Å². The van der Waals surface area contributed by atoms with Gasteiger partial charge in [-0.15, -0.1) is 0 Å². The summed E-state index contributed by atoms with van der Waals surface area (Å²) in [7, 11) is -3.98. The smallest absolute Gasteiger partial charge is 0.303 e. The number of rotatable bonds is 14. The van der Waals surface area contributed by atoms with Gasteiger partial charge >= 0.3 is 5.97 Å². The molecule has 13 heteroatoms. The van der Waals surface area contributed by atoms with E-state index in [0.29, 0.717) is 29.5 Å². The molecular weight excluding hydrogens is 598 g/mol. The summed E-state index contributed by atoms with van der Waals surface area (Å²) < 4.78 is 33.6. The SMILES string of the molecule is O=C(O)CCCCCCCOc1ccc(NC(=O)c2c(O)c3cc(NS(=O)(=O)c4ccc(Cl)cc4)ccc3[nH]c2=O)cc1. The van der Waals surface area contributed by atoms with Crippen molar-refractivity contribution in [1.82, 2.24) is 4.98 Å². The second-order valence-corrected chi connectivity index (χ2v) is 11.9. The Bertz CT molecular complexity index is 1770. The van der Waals surface area contributed by atoms with E-state index in [-0.39, 0.29) is 27.9 Å². The third-order valence-electron chi connectivity index (χ3n) is 6.51. The molecule has 4 rings (SSSR count). The van der Waals surface area contributed by atoms with E-state index < -0.39 is 38.8 Å². The molecule has 1 aromatic heterocycles. The Morgan fingerprint density at radius 1 is 0.884 bits per heavy atom. The summed E-state index contributed by atoms with van der Waals surface area (Å²) in [4.78, 5) is 38.7. The van der Waals surface area contributed by atoms with E-state index in [1.807, 2.05) is 0 Å². The molecule has 5 N–H and O–H groups in total. The molecule has 3 aromatic carbocycles. The maximum absolute atomic E-state index is 13.0. The standard InChI is InChI=1S/C30H30ClN3O8S/c31-19-7-14-23(15-8-19)43(40,41)34-21-11-16-25-24(18-21)28(37)27(30(39)33-25)29(38)32-20-9-12-22(13-10-20)42-17-5-3-1-2-4-6-26(35)36/h7-16,18,34H,1-6,17H2,(H,32,38)(H,35,36)(H2,33,37,39). The van der Waals surface area contributed by atoms with Crippen LogP contribution in [0.1, 0.15) is 48.9 Å². The van der Waals surface area contributed by atoms with E-state index in [2.05, 4.69) is 15.0 Å². The number of aromatic nitrogens is 1. The predicted molar refractivity (Wildman–Crippen MR) is 164 cm³/mol. The summed E-state index contributed by atoms with van der Waals surface area (Å²) >= 11 is 5.84. The first kappa shape index (κ1) is 31.4. The summed E-state index contributed by atoms with van der Waals surface area (Å²) in [6, 6.07) is 16.2. The molecule has 0 aliphatic carbocycles. The van der Waals surface area contributed by atoms with E-state index in [0.717, 1.165) is 25.7 Å². The number of pyridine rings is 1. The summed E-state index contributed by atoms with van der Waals surface area (Å²) in [6.45, 7) is 0.489. The van der Waals surface area contributed by atoms with Crippen LogP contribution in [0.5, 0.6) is 11.5 Å². The third kappa shape index (κ3) is 8.49. The number of H-pyrrole nitrogens is 1. The number of hydrogen-bond acceptors (Lipinski definition) is 7. The van der Waals surface area contributed by atoms with Crippen LogP contribution in [0.4, 0.5) is 11.4 Å². The fourth-order valence-electron chi connectivity index (χ4n) is 4.30. The average Bonchev–Trinajstić information content (AvgIpc) is 2.95. The van der Waals surface area contributed by atoms with Crippen molar-refractivity contribution in [3.8, 4) is 11.5 Å². The third-order valence-corrected chi connectivity index (χ3v) is 8.16. The summed E-state index contributed by atoms with van der Waals surface area (Å²) in [5.74, 6) is -1.66. The Hall–Kier alpha value is -4.55. The number of carboxylic acids is 1. The average molecular weight is 628 g/mol. The minimum Gasteiger partial charge on any atom is -0.506 e. The van der Waals surface area contributed by atoms with Crippen molar-refractivity contribution in [3.05, 3.63) is 87.7 Å². The lowest BCUT2D eigenvalue weighted by Gasteiger charge is -2.12. The molecule has 0 atom stereocenters. The van der Waals surface area contributed by atoms with Crippen LogP contribution in [0.2, 0.25) is 5.02 Å². The van der Waals surface area contributed by atoms with E-state index in [1.54, 1.807) is 24.3 Å². The lowest BCUT2D eigenvalue weighted by atomic mass is 10.1. The van der Waals surface area contributed by atoms with Gasteiger partial charge in [-0.05, 0) is 79.6 Å². The highest BCUT2D eigenvalue weighted by atomic mass is 35.5. The lowest BCUT2D eigenvalue weighted by Crippen LogP contribution is -2.23. The zero-order chi connectivity index (χ0) is 31.0. The minimum absolute atomic E-state index is 0.0239. The molecule has 0 bridgehead atoms. The van der Waals surface area contributed by atoms with Crippen LogP contribution in [0.15, 0.2) is 76.4 Å². The normalized spacial score (nSPS) is 11.3. The Kier molecular flexibility index (Phi) is 10.3. The van der Waals surface area contributed by atoms with E-state index >= 15 is 0 Å². The number of benzene rings is 3. The Morgan fingerprint density at radius 3 is 2.23 bits per heavy atom. The van der Waals surface area contributed by atoms with Gasteiger partial charge in [0.15, 0.2) is 0 Å². The highest BCUT2D eigenvalue weighted by Gasteiger charge is 2.21. The van der Waals surface area contributed by atoms with Crippen LogP contribution >= 0.6 is 11.6 Å². The number of aromatic amines is 1. The van der Waals surface area contributed by atoms with Gasteiger partial charge in [0.25, 0.3) is 21.5 Å². The second-order valence-electron chi connectivity index (χ2n) is 9.74. The molecule has 0 fully saturated rings. The number of unbranched alkanes of at least 4 members (excludes halogenated alkanes) is 4.